The minimum atomic E-state index is -0.527. The van der Waals surface area contributed by atoms with Crippen molar-refractivity contribution in [3.05, 3.63) is 48.0 Å². The highest BCUT2D eigenvalue weighted by molar-refractivity contribution is 5.95. The van der Waals surface area contributed by atoms with Crippen molar-refractivity contribution >= 4 is 34.6 Å². The summed E-state index contributed by atoms with van der Waals surface area (Å²) in [5.74, 6) is -0.668. The first kappa shape index (κ1) is 14.4. The van der Waals surface area contributed by atoms with Crippen LogP contribution in [0.1, 0.15) is 17.3 Å². The van der Waals surface area contributed by atoms with Gasteiger partial charge < -0.3 is 22.1 Å². The van der Waals surface area contributed by atoms with Crippen LogP contribution in [0.3, 0.4) is 0 Å². The topological polar surface area (TPSA) is 110 Å². The monoisotopic (exact) mass is 284 g/mol. The van der Waals surface area contributed by atoms with Gasteiger partial charge in [-0.3, -0.25) is 9.59 Å². The number of hydrogen-bond donors (Lipinski definition) is 4. The number of hydrogen-bond acceptors (Lipinski definition) is 4. The number of nitrogen functional groups attached to an aromatic ring is 1. The molecule has 2 aromatic rings. The van der Waals surface area contributed by atoms with Gasteiger partial charge in [-0.1, -0.05) is 6.07 Å². The first-order valence-corrected chi connectivity index (χ1v) is 6.29. The highest BCUT2D eigenvalue weighted by Gasteiger charge is 2.05. The first-order chi connectivity index (χ1) is 9.95. The standard InChI is InChI=1S/C15H16N4O2/c1-9(20)18-11-3-2-4-12(8-11)19-14-6-5-10(15(17)21)7-13(14)16/h2-8,19H,16H2,1H3,(H2,17,21)(H,18,20). The van der Waals surface area contributed by atoms with Crippen molar-refractivity contribution in [2.45, 2.75) is 6.92 Å². The van der Waals surface area contributed by atoms with Gasteiger partial charge in [0.05, 0.1) is 11.4 Å². The normalized spacial score (nSPS) is 9.95. The van der Waals surface area contributed by atoms with Gasteiger partial charge >= 0.3 is 0 Å². The molecule has 108 valence electrons. The molecule has 0 atom stereocenters. The van der Waals surface area contributed by atoms with Gasteiger partial charge in [-0.2, -0.15) is 0 Å². The van der Waals surface area contributed by atoms with Crippen LogP contribution in [0, 0.1) is 0 Å². The van der Waals surface area contributed by atoms with Crippen molar-refractivity contribution in [2.75, 3.05) is 16.4 Å². The molecule has 0 aliphatic heterocycles. The smallest absolute Gasteiger partial charge is 0.248 e. The van der Waals surface area contributed by atoms with Crippen molar-refractivity contribution < 1.29 is 9.59 Å². The lowest BCUT2D eigenvalue weighted by Crippen LogP contribution is -2.11. The molecule has 2 rings (SSSR count). The molecule has 0 bridgehead atoms. The molecule has 0 saturated carbocycles. The molecule has 0 saturated heterocycles. The van der Waals surface area contributed by atoms with Crippen LogP contribution in [0.2, 0.25) is 0 Å². The van der Waals surface area contributed by atoms with Gasteiger partial charge in [0, 0.05) is 23.9 Å². The second kappa shape index (κ2) is 5.96. The molecule has 0 heterocycles. The van der Waals surface area contributed by atoms with Crippen LogP contribution in [-0.2, 0) is 4.79 Å². The Morgan fingerprint density at radius 3 is 2.38 bits per heavy atom. The van der Waals surface area contributed by atoms with E-state index in [1.165, 1.54) is 13.0 Å². The van der Waals surface area contributed by atoms with Crippen LogP contribution in [0.4, 0.5) is 22.7 Å². The quantitative estimate of drug-likeness (QED) is 0.644. The molecular formula is C15H16N4O2. The van der Waals surface area contributed by atoms with Crippen molar-refractivity contribution in [3.63, 3.8) is 0 Å². The molecule has 0 unspecified atom stereocenters. The number of nitrogens with two attached hydrogens (primary N) is 2. The Labute approximate surface area is 122 Å². The van der Waals surface area contributed by atoms with Crippen LogP contribution < -0.4 is 22.1 Å². The summed E-state index contributed by atoms with van der Waals surface area (Å²) < 4.78 is 0. The van der Waals surface area contributed by atoms with E-state index >= 15 is 0 Å². The summed E-state index contributed by atoms with van der Waals surface area (Å²) in [4.78, 5) is 22.1. The lowest BCUT2D eigenvalue weighted by molar-refractivity contribution is -0.114. The lowest BCUT2D eigenvalue weighted by Gasteiger charge is -2.11. The summed E-state index contributed by atoms with van der Waals surface area (Å²) in [5.41, 5.74) is 13.9. The van der Waals surface area contributed by atoms with E-state index in [1.807, 2.05) is 12.1 Å². The molecule has 0 aliphatic carbocycles. The fourth-order valence-corrected chi connectivity index (χ4v) is 1.86. The summed E-state index contributed by atoms with van der Waals surface area (Å²) in [5, 5.41) is 5.82. The average Bonchev–Trinajstić information content (AvgIpc) is 2.40. The van der Waals surface area contributed by atoms with Crippen LogP contribution in [0.25, 0.3) is 0 Å². The molecule has 0 spiro atoms. The summed E-state index contributed by atoms with van der Waals surface area (Å²) in [6.07, 6.45) is 0. The van der Waals surface area contributed by atoms with E-state index in [2.05, 4.69) is 10.6 Å². The van der Waals surface area contributed by atoms with E-state index in [0.29, 0.717) is 22.6 Å². The zero-order valence-corrected chi connectivity index (χ0v) is 11.5. The van der Waals surface area contributed by atoms with E-state index in [9.17, 15) is 9.59 Å². The van der Waals surface area contributed by atoms with Gasteiger partial charge in [0.1, 0.15) is 0 Å². The number of amides is 2. The van der Waals surface area contributed by atoms with Crippen molar-refractivity contribution in [1.29, 1.82) is 0 Å². The molecule has 6 nitrogen and oxygen atoms in total. The molecule has 6 heteroatoms. The lowest BCUT2D eigenvalue weighted by atomic mass is 10.1. The second-order valence-electron chi connectivity index (χ2n) is 4.55. The third kappa shape index (κ3) is 3.73. The molecule has 0 fully saturated rings. The van der Waals surface area contributed by atoms with E-state index in [0.717, 1.165) is 5.69 Å². The SMILES string of the molecule is CC(=O)Nc1cccc(Nc2ccc(C(N)=O)cc2N)c1. The number of primary amides is 1. The highest BCUT2D eigenvalue weighted by Crippen LogP contribution is 2.25. The van der Waals surface area contributed by atoms with Crippen molar-refractivity contribution in [3.8, 4) is 0 Å². The maximum Gasteiger partial charge on any atom is 0.248 e. The first-order valence-electron chi connectivity index (χ1n) is 6.29. The molecule has 6 N–H and O–H groups in total. The van der Waals surface area contributed by atoms with E-state index in [1.54, 1.807) is 24.3 Å². The maximum absolute atomic E-state index is 11.1. The van der Waals surface area contributed by atoms with E-state index < -0.39 is 5.91 Å². The maximum atomic E-state index is 11.1. The Kier molecular flexibility index (Phi) is 4.08. The number of carbonyl (C=O) groups is 2. The van der Waals surface area contributed by atoms with Gasteiger partial charge in [0.25, 0.3) is 0 Å². The third-order valence-corrected chi connectivity index (χ3v) is 2.80. The molecule has 0 aromatic heterocycles. The Morgan fingerprint density at radius 1 is 1.05 bits per heavy atom. The Hall–Kier alpha value is -3.02. The molecule has 0 radical (unpaired) electrons. The number of carbonyl (C=O) groups excluding carboxylic acids is 2. The molecular weight excluding hydrogens is 268 g/mol. The summed E-state index contributed by atoms with van der Waals surface area (Å²) in [7, 11) is 0. The number of rotatable bonds is 4. The number of nitrogens with one attached hydrogen (secondary N) is 2. The number of anilines is 4. The Bertz CT molecular complexity index is 698. The summed E-state index contributed by atoms with van der Waals surface area (Å²) in [6.45, 7) is 1.45. The second-order valence-corrected chi connectivity index (χ2v) is 4.55. The molecule has 0 aliphatic rings. The summed E-state index contributed by atoms with van der Waals surface area (Å²) >= 11 is 0. The third-order valence-electron chi connectivity index (χ3n) is 2.80. The van der Waals surface area contributed by atoms with Gasteiger partial charge in [0.2, 0.25) is 11.8 Å². The largest absolute Gasteiger partial charge is 0.397 e. The predicted octanol–water partition coefficient (Wildman–Crippen LogP) is 2.07. The zero-order chi connectivity index (χ0) is 15.4. The molecule has 2 aromatic carbocycles. The minimum absolute atomic E-state index is 0.141. The fourth-order valence-electron chi connectivity index (χ4n) is 1.86. The zero-order valence-electron chi connectivity index (χ0n) is 11.5. The Morgan fingerprint density at radius 2 is 1.76 bits per heavy atom. The van der Waals surface area contributed by atoms with Gasteiger partial charge in [-0.25, -0.2) is 0 Å². The molecule has 21 heavy (non-hydrogen) atoms. The summed E-state index contributed by atoms with van der Waals surface area (Å²) in [6, 6.07) is 12.0. The van der Waals surface area contributed by atoms with E-state index in [4.69, 9.17) is 11.5 Å². The molecule has 2 amide bonds. The van der Waals surface area contributed by atoms with Gasteiger partial charge in [0.15, 0.2) is 0 Å². The van der Waals surface area contributed by atoms with Crippen molar-refractivity contribution in [1.82, 2.24) is 0 Å². The average molecular weight is 284 g/mol. The van der Waals surface area contributed by atoms with Gasteiger partial charge in [-0.05, 0) is 36.4 Å². The van der Waals surface area contributed by atoms with Gasteiger partial charge in [-0.15, -0.1) is 0 Å². The number of benzene rings is 2. The fraction of sp³-hybridized carbons (Fsp3) is 0.0667. The Balaban J connectivity index is 2.22. The highest BCUT2D eigenvalue weighted by atomic mass is 16.1. The minimum Gasteiger partial charge on any atom is -0.397 e. The van der Waals surface area contributed by atoms with Crippen LogP contribution >= 0.6 is 0 Å². The van der Waals surface area contributed by atoms with Crippen LogP contribution in [0.5, 0.6) is 0 Å². The van der Waals surface area contributed by atoms with E-state index in [-0.39, 0.29) is 5.91 Å². The predicted molar refractivity (Wildman–Crippen MR) is 83.4 cm³/mol. The van der Waals surface area contributed by atoms with Crippen LogP contribution in [-0.4, -0.2) is 11.8 Å². The van der Waals surface area contributed by atoms with Crippen molar-refractivity contribution in [2.24, 2.45) is 5.73 Å². The van der Waals surface area contributed by atoms with Crippen LogP contribution in [0.15, 0.2) is 42.5 Å².